The molecule has 1 fully saturated rings. The van der Waals surface area contributed by atoms with Crippen molar-refractivity contribution in [1.29, 1.82) is 0 Å². The normalized spacial score (nSPS) is 31.7. The van der Waals surface area contributed by atoms with Gasteiger partial charge >= 0.3 is 0 Å². The highest BCUT2D eigenvalue weighted by atomic mass is 32.2. The summed E-state index contributed by atoms with van der Waals surface area (Å²) in [6.45, 7) is 6.96. The first-order valence-corrected chi connectivity index (χ1v) is 5.35. The van der Waals surface area contributed by atoms with Crippen molar-refractivity contribution >= 4 is 11.8 Å². The molecule has 0 aromatic carbocycles. The second-order valence-electron chi connectivity index (χ2n) is 3.02. The molecule has 1 saturated heterocycles. The molecule has 1 rings (SSSR count). The van der Waals surface area contributed by atoms with Gasteiger partial charge in [0.2, 0.25) is 0 Å². The van der Waals surface area contributed by atoms with Gasteiger partial charge in [-0.3, -0.25) is 0 Å². The van der Waals surface area contributed by atoms with Crippen molar-refractivity contribution in [2.24, 2.45) is 0 Å². The lowest BCUT2D eigenvalue weighted by molar-refractivity contribution is 0.484. The van der Waals surface area contributed by atoms with Crippen molar-refractivity contribution < 1.29 is 0 Å². The van der Waals surface area contributed by atoms with Gasteiger partial charge in [-0.25, -0.2) is 0 Å². The third-order valence-corrected chi connectivity index (χ3v) is 3.51. The number of hydrogen-bond acceptors (Lipinski definition) is 2. The van der Waals surface area contributed by atoms with Crippen molar-refractivity contribution in [1.82, 2.24) is 5.32 Å². The minimum absolute atomic E-state index is 0.715. The highest BCUT2D eigenvalue weighted by Gasteiger charge is 2.19. The highest BCUT2D eigenvalue weighted by Crippen LogP contribution is 2.24. The lowest BCUT2D eigenvalue weighted by atomic mass is 10.1. The zero-order chi connectivity index (χ0) is 8.10. The predicted octanol–water partition coefficient (Wildman–Crippen LogP) is 2.05. The van der Waals surface area contributed by atoms with Crippen LogP contribution in [0.1, 0.15) is 19.8 Å². The Morgan fingerprint density at radius 1 is 1.73 bits per heavy atom. The molecule has 1 N–H and O–H groups in total. The molecule has 1 aliphatic heterocycles. The molecule has 0 spiro atoms. The Hall–Kier alpha value is 0.0500. The summed E-state index contributed by atoms with van der Waals surface area (Å²) in [6, 6.07) is 0.715. The summed E-state index contributed by atoms with van der Waals surface area (Å²) in [5.41, 5.74) is 0. The Kier molecular flexibility index (Phi) is 4.02. The fourth-order valence-electron chi connectivity index (χ4n) is 1.43. The first-order valence-electron chi connectivity index (χ1n) is 4.30. The van der Waals surface area contributed by atoms with Crippen LogP contribution in [-0.2, 0) is 0 Å². The van der Waals surface area contributed by atoms with Gasteiger partial charge in [0.1, 0.15) is 0 Å². The summed E-state index contributed by atoms with van der Waals surface area (Å²) < 4.78 is 0. The SMILES string of the molecule is C=CCNC1CCCSC1C. The number of nitrogens with one attached hydrogen (secondary N) is 1. The molecule has 0 bridgehead atoms. The zero-order valence-corrected chi connectivity index (χ0v) is 7.99. The van der Waals surface area contributed by atoms with Crippen molar-refractivity contribution in [3.63, 3.8) is 0 Å². The van der Waals surface area contributed by atoms with Gasteiger partial charge in [0.15, 0.2) is 0 Å². The van der Waals surface area contributed by atoms with Gasteiger partial charge in [-0.1, -0.05) is 13.0 Å². The minimum Gasteiger partial charge on any atom is -0.309 e. The predicted molar refractivity (Wildman–Crippen MR) is 53.1 cm³/mol. The first-order chi connectivity index (χ1) is 5.34. The van der Waals surface area contributed by atoms with Crippen LogP contribution in [0.25, 0.3) is 0 Å². The monoisotopic (exact) mass is 171 g/mol. The maximum atomic E-state index is 3.70. The molecular formula is C9H17NS. The molecule has 2 unspecified atom stereocenters. The van der Waals surface area contributed by atoms with Crippen molar-refractivity contribution in [3.8, 4) is 0 Å². The summed E-state index contributed by atoms with van der Waals surface area (Å²) in [5.74, 6) is 1.34. The lowest BCUT2D eigenvalue weighted by Gasteiger charge is -2.28. The molecule has 0 radical (unpaired) electrons. The largest absolute Gasteiger partial charge is 0.309 e. The van der Waals surface area contributed by atoms with Crippen LogP contribution in [0.4, 0.5) is 0 Å². The number of rotatable bonds is 3. The van der Waals surface area contributed by atoms with Gasteiger partial charge in [0.25, 0.3) is 0 Å². The van der Waals surface area contributed by atoms with Crippen LogP contribution in [0.15, 0.2) is 12.7 Å². The molecule has 1 heterocycles. The molecule has 0 aromatic heterocycles. The molecule has 64 valence electrons. The molecule has 2 heteroatoms. The van der Waals surface area contributed by atoms with Crippen LogP contribution in [0.2, 0.25) is 0 Å². The van der Waals surface area contributed by atoms with Crippen LogP contribution >= 0.6 is 11.8 Å². The molecule has 2 atom stereocenters. The molecule has 0 aromatic rings. The summed E-state index contributed by atoms with van der Waals surface area (Å²) in [5, 5.41) is 4.26. The van der Waals surface area contributed by atoms with Gasteiger partial charge in [-0.15, -0.1) is 6.58 Å². The third kappa shape index (κ3) is 2.88. The van der Waals surface area contributed by atoms with E-state index in [4.69, 9.17) is 0 Å². The van der Waals surface area contributed by atoms with Crippen LogP contribution in [0.5, 0.6) is 0 Å². The molecule has 1 nitrogen and oxygen atoms in total. The van der Waals surface area contributed by atoms with E-state index in [9.17, 15) is 0 Å². The van der Waals surface area contributed by atoms with E-state index < -0.39 is 0 Å². The molecule has 0 aliphatic carbocycles. The Labute approximate surface area is 73.6 Å². The standard InChI is InChI=1S/C9H17NS/c1-3-6-10-9-5-4-7-11-8(9)2/h3,8-10H,1,4-7H2,2H3. The topological polar surface area (TPSA) is 12.0 Å². The fourth-order valence-corrected chi connectivity index (χ4v) is 2.60. The fraction of sp³-hybridized carbons (Fsp3) is 0.778. The molecule has 0 saturated carbocycles. The van der Waals surface area contributed by atoms with Crippen molar-refractivity contribution in [2.75, 3.05) is 12.3 Å². The maximum Gasteiger partial charge on any atom is 0.0187 e. The molecular weight excluding hydrogens is 154 g/mol. The molecule has 0 amide bonds. The lowest BCUT2D eigenvalue weighted by Crippen LogP contribution is -2.39. The van der Waals surface area contributed by atoms with E-state index in [2.05, 4.69) is 30.6 Å². The van der Waals surface area contributed by atoms with E-state index in [-0.39, 0.29) is 0 Å². The maximum absolute atomic E-state index is 3.70. The second kappa shape index (κ2) is 4.83. The van der Waals surface area contributed by atoms with Gasteiger partial charge < -0.3 is 5.32 Å². The van der Waals surface area contributed by atoms with Gasteiger partial charge in [0.05, 0.1) is 0 Å². The van der Waals surface area contributed by atoms with Gasteiger partial charge in [-0.05, 0) is 18.6 Å². The summed E-state index contributed by atoms with van der Waals surface area (Å²) in [7, 11) is 0. The first kappa shape index (κ1) is 9.14. The van der Waals surface area contributed by atoms with E-state index in [0.29, 0.717) is 6.04 Å². The van der Waals surface area contributed by atoms with Crippen LogP contribution in [0.3, 0.4) is 0 Å². The number of thioether (sulfide) groups is 1. The van der Waals surface area contributed by atoms with Crippen molar-refractivity contribution in [2.45, 2.75) is 31.1 Å². The summed E-state index contributed by atoms with van der Waals surface area (Å²) in [6.07, 6.45) is 4.64. The second-order valence-corrected chi connectivity index (χ2v) is 4.51. The van der Waals surface area contributed by atoms with Gasteiger partial charge in [-0.2, -0.15) is 11.8 Å². The Morgan fingerprint density at radius 2 is 2.55 bits per heavy atom. The summed E-state index contributed by atoms with van der Waals surface area (Å²) >= 11 is 2.08. The smallest absolute Gasteiger partial charge is 0.0187 e. The van der Waals surface area contributed by atoms with E-state index in [0.717, 1.165) is 11.8 Å². The third-order valence-electron chi connectivity index (χ3n) is 2.13. The van der Waals surface area contributed by atoms with E-state index in [1.54, 1.807) is 0 Å². The zero-order valence-electron chi connectivity index (χ0n) is 7.18. The van der Waals surface area contributed by atoms with E-state index in [1.807, 2.05) is 6.08 Å². The van der Waals surface area contributed by atoms with Crippen molar-refractivity contribution in [3.05, 3.63) is 12.7 Å². The Morgan fingerprint density at radius 3 is 3.18 bits per heavy atom. The van der Waals surface area contributed by atoms with Gasteiger partial charge in [0, 0.05) is 17.8 Å². The highest BCUT2D eigenvalue weighted by molar-refractivity contribution is 7.99. The average molecular weight is 171 g/mol. The van der Waals surface area contributed by atoms with E-state index >= 15 is 0 Å². The summed E-state index contributed by atoms with van der Waals surface area (Å²) in [4.78, 5) is 0. The number of hydrogen-bond donors (Lipinski definition) is 1. The quantitative estimate of drug-likeness (QED) is 0.652. The van der Waals surface area contributed by atoms with E-state index in [1.165, 1.54) is 18.6 Å². The van der Waals surface area contributed by atoms with Crippen LogP contribution < -0.4 is 5.32 Å². The van der Waals surface area contributed by atoms with Crippen LogP contribution in [0, 0.1) is 0 Å². The molecule has 1 aliphatic rings. The molecule has 11 heavy (non-hydrogen) atoms. The Balaban J connectivity index is 2.23. The average Bonchev–Trinajstić information content (AvgIpc) is 2.03. The van der Waals surface area contributed by atoms with Crippen LogP contribution in [-0.4, -0.2) is 23.6 Å². The Bertz CT molecular complexity index is 125. The minimum atomic E-state index is 0.715.